The van der Waals surface area contributed by atoms with Crippen LogP contribution in [-0.4, -0.2) is 64.8 Å². The molecule has 0 spiro atoms. The number of fused-ring (bicyclic) bond motifs is 4. The van der Waals surface area contributed by atoms with Gasteiger partial charge in [0.2, 0.25) is 11.8 Å². The van der Waals surface area contributed by atoms with Gasteiger partial charge in [0, 0.05) is 35.3 Å². The van der Waals surface area contributed by atoms with Crippen LogP contribution in [0.5, 0.6) is 0 Å². The Morgan fingerprint density at radius 1 is 1.02 bits per heavy atom. The fourth-order valence-corrected chi connectivity index (χ4v) is 8.38. The predicted molar refractivity (Wildman–Crippen MR) is 204 cm³/mol. The normalized spacial score (nSPS) is 17.9. The van der Waals surface area contributed by atoms with Gasteiger partial charge in [-0.2, -0.15) is 5.10 Å². The van der Waals surface area contributed by atoms with Crippen molar-refractivity contribution < 1.29 is 19.2 Å². The molecule has 6 heterocycles. The van der Waals surface area contributed by atoms with E-state index in [-0.39, 0.29) is 30.0 Å². The first-order valence-electron chi connectivity index (χ1n) is 17.5. The maximum absolute atomic E-state index is 13.4. The summed E-state index contributed by atoms with van der Waals surface area (Å²) in [5.74, 6) is 6.17. The average molecular weight is 757 g/mol. The van der Waals surface area contributed by atoms with Crippen LogP contribution in [-0.2, 0) is 16.1 Å². The second kappa shape index (κ2) is 14.1. The highest BCUT2D eigenvalue weighted by atomic mass is 35.5. The molecule has 2 aromatic carbocycles. The Bertz CT molecular complexity index is 2510. The van der Waals surface area contributed by atoms with Crippen molar-refractivity contribution in [2.45, 2.75) is 65.1 Å². The lowest BCUT2D eigenvalue weighted by Crippen LogP contribution is -2.54. The van der Waals surface area contributed by atoms with Crippen molar-refractivity contribution in [1.29, 1.82) is 0 Å². The van der Waals surface area contributed by atoms with Crippen molar-refractivity contribution in [1.82, 2.24) is 34.8 Å². The highest BCUT2D eigenvalue weighted by Crippen LogP contribution is 2.39. The summed E-state index contributed by atoms with van der Waals surface area (Å²) in [5.41, 5.74) is 5.80. The zero-order valence-electron chi connectivity index (χ0n) is 29.6. The smallest absolute Gasteiger partial charge is 0.262 e. The summed E-state index contributed by atoms with van der Waals surface area (Å²) in [5, 5.41) is 17.2. The number of allylic oxidation sites excluding steroid dienone is 1. The number of piperidine rings is 1. The molecule has 0 aliphatic carbocycles. The Balaban J connectivity index is 0.952. The first kappa shape index (κ1) is 35.1. The third-order valence-electron chi connectivity index (χ3n) is 9.74. The Hall–Kier alpha value is -5.97. The molecule has 0 saturated carbocycles. The fourth-order valence-electron chi connectivity index (χ4n) is 7.04. The van der Waals surface area contributed by atoms with Crippen LogP contribution in [0.25, 0.3) is 11.1 Å². The zero-order valence-corrected chi connectivity index (χ0v) is 31.2. The van der Waals surface area contributed by atoms with Crippen LogP contribution in [0.15, 0.2) is 65.9 Å². The second-order valence-electron chi connectivity index (χ2n) is 13.3. The molecule has 270 valence electrons. The summed E-state index contributed by atoms with van der Waals surface area (Å²) in [6.45, 7) is 6.70. The van der Waals surface area contributed by atoms with Crippen LogP contribution in [0.1, 0.15) is 104 Å². The van der Waals surface area contributed by atoms with Gasteiger partial charge < -0.3 is 0 Å². The van der Waals surface area contributed by atoms with E-state index in [1.54, 1.807) is 35.7 Å². The van der Waals surface area contributed by atoms with Crippen LogP contribution in [0, 0.1) is 25.7 Å². The Kier molecular flexibility index (Phi) is 9.17. The van der Waals surface area contributed by atoms with Crippen LogP contribution in [0.2, 0.25) is 5.02 Å². The van der Waals surface area contributed by atoms with Crippen LogP contribution in [0.4, 0.5) is 0 Å². The molecule has 54 heavy (non-hydrogen) atoms. The number of carbonyl (C=O) groups is 4. The Morgan fingerprint density at radius 2 is 1.83 bits per heavy atom. The number of aromatic nitrogens is 5. The maximum Gasteiger partial charge on any atom is 0.262 e. The topological polar surface area (TPSA) is 144 Å². The van der Waals surface area contributed by atoms with Gasteiger partial charge in [0.05, 0.1) is 33.5 Å². The Labute approximate surface area is 319 Å². The second-order valence-corrected chi connectivity index (χ2v) is 14.8. The van der Waals surface area contributed by atoms with E-state index in [1.165, 1.54) is 0 Å². The van der Waals surface area contributed by atoms with Gasteiger partial charge in [-0.15, -0.1) is 21.5 Å². The molecule has 1 unspecified atom stereocenters. The van der Waals surface area contributed by atoms with Gasteiger partial charge >= 0.3 is 0 Å². The third kappa shape index (κ3) is 6.27. The molecule has 0 radical (unpaired) electrons. The summed E-state index contributed by atoms with van der Waals surface area (Å²) in [7, 11) is 0. The number of nitrogens with one attached hydrogen (secondary N) is 1. The van der Waals surface area contributed by atoms with E-state index >= 15 is 0 Å². The van der Waals surface area contributed by atoms with Gasteiger partial charge in [-0.3, -0.25) is 43.6 Å². The molecule has 12 nitrogen and oxygen atoms in total. The molecule has 8 rings (SSSR count). The number of aryl methyl sites for hydroxylation is 2. The first-order valence-corrected chi connectivity index (χ1v) is 18.7. The molecule has 2 atom stereocenters. The minimum absolute atomic E-state index is 0.0736. The van der Waals surface area contributed by atoms with E-state index in [2.05, 4.69) is 43.9 Å². The lowest BCUT2D eigenvalue weighted by atomic mass is 9.99. The fraction of sp³-hybridized carbons (Fsp3) is 0.250. The molecule has 3 aromatic heterocycles. The van der Waals surface area contributed by atoms with E-state index in [0.29, 0.717) is 23.6 Å². The largest absolute Gasteiger partial charge is 0.295 e. The molecule has 1 fully saturated rings. The summed E-state index contributed by atoms with van der Waals surface area (Å²) in [6.07, 6.45) is 9.13. The highest BCUT2D eigenvalue weighted by molar-refractivity contribution is 7.15. The van der Waals surface area contributed by atoms with E-state index in [9.17, 15) is 19.2 Å². The molecule has 5 aromatic rings. The minimum atomic E-state index is -1.00. The van der Waals surface area contributed by atoms with Crippen molar-refractivity contribution >= 4 is 58.4 Å². The molecule has 4 amide bonds. The van der Waals surface area contributed by atoms with Gasteiger partial charge in [0.1, 0.15) is 22.9 Å². The molecule has 3 aliphatic heterocycles. The van der Waals surface area contributed by atoms with Gasteiger partial charge in [-0.25, -0.2) is 0 Å². The summed E-state index contributed by atoms with van der Waals surface area (Å²) in [4.78, 5) is 57.6. The summed E-state index contributed by atoms with van der Waals surface area (Å²) in [6, 6.07) is 11.6. The van der Waals surface area contributed by atoms with Crippen molar-refractivity contribution in [2.75, 3.05) is 0 Å². The zero-order chi connectivity index (χ0) is 37.7. The Morgan fingerprint density at radius 3 is 2.63 bits per heavy atom. The number of imide groups is 2. The summed E-state index contributed by atoms with van der Waals surface area (Å²) >= 11 is 7.81. The number of halogens is 1. The molecule has 1 saturated heterocycles. The number of amides is 4. The van der Waals surface area contributed by atoms with Crippen LogP contribution < -0.4 is 5.32 Å². The van der Waals surface area contributed by atoms with E-state index in [4.69, 9.17) is 16.6 Å². The molecule has 14 heteroatoms. The number of hydrogen-bond donors (Lipinski definition) is 1. The van der Waals surface area contributed by atoms with E-state index in [1.807, 2.05) is 61.1 Å². The van der Waals surface area contributed by atoms with Crippen LogP contribution >= 0.6 is 22.9 Å². The number of aliphatic imine (C=N–C) groups is 1. The lowest BCUT2D eigenvalue weighted by Gasteiger charge is -2.27. The average Bonchev–Trinajstić information content (AvgIpc) is 3.89. The van der Waals surface area contributed by atoms with Crippen molar-refractivity contribution in [3.8, 4) is 16.8 Å². The SMILES string of the molecule is Cc1c(C#Cc2cnn(CCC/C=C/c3cccc4c3C(=O)N(C3CCC(=O)NC3=O)C4=O)c2)sc2c1C(c1ccc(Cl)cc1)=N[C@@H](C)c1nnc(C)n1-2. The minimum Gasteiger partial charge on any atom is -0.295 e. The molecular formula is C40H33ClN8O4S. The third-order valence-corrected chi connectivity index (χ3v) is 11.2. The number of benzene rings is 2. The lowest BCUT2D eigenvalue weighted by molar-refractivity contribution is -0.136. The van der Waals surface area contributed by atoms with Gasteiger partial charge in [-0.05, 0) is 69.4 Å². The van der Waals surface area contributed by atoms with Crippen molar-refractivity contribution in [2.24, 2.45) is 4.99 Å². The quantitative estimate of drug-likeness (QED) is 0.122. The number of carbonyl (C=O) groups excluding carboxylic acids is 4. The number of rotatable bonds is 7. The number of hydrogen-bond acceptors (Lipinski definition) is 9. The van der Waals surface area contributed by atoms with Crippen molar-refractivity contribution in [3.63, 3.8) is 0 Å². The molecular weight excluding hydrogens is 724 g/mol. The van der Waals surface area contributed by atoms with E-state index in [0.717, 1.165) is 60.8 Å². The standard InChI is InChI=1S/C40H33ClN8O4S/c1-22-31(54-40-33(22)35(27-12-14-28(41)15-13-27)43-23(2)36-46-45-24(3)48(36)40)17-11-25-20-42-47(21-25)19-6-4-5-8-26-9-7-10-29-34(26)39(53)49(38(29)52)30-16-18-32(50)44-37(30)51/h5,7-10,12-15,20-21,23,30H,4,6,16,18-19H2,1-3H3,(H,44,50,51)/b8-5+/t23-,30?/m0/s1. The number of unbranched alkanes of at least 4 members (excludes halogenated alkanes) is 1. The van der Waals surface area contributed by atoms with Gasteiger partial charge in [-0.1, -0.05) is 59.9 Å². The molecule has 1 N–H and O–H groups in total. The first-order chi connectivity index (χ1) is 26.1. The predicted octanol–water partition coefficient (Wildman–Crippen LogP) is 6.00. The molecule has 3 aliphatic rings. The molecule has 0 bridgehead atoms. The van der Waals surface area contributed by atoms with Gasteiger partial charge in [0.15, 0.2) is 5.82 Å². The summed E-state index contributed by atoms with van der Waals surface area (Å²) < 4.78 is 3.94. The number of thiophene rings is 1. The number of nitrogens with zero attached hydrogens (tertiary/aromatic N) is 7. The van der Waals surface area contributed by atoms with Crippen LogP contribution in [0.3, 0.4) is 0 Å². The maximum atomic E-state index is 13.4. The van der Waals surface area contributed by atoms with Crippen molar-refractivity contribution in [3.05, 3.63) is 121 Å². The van der Waals surface area contributed by atoms with E-state index < -0.39 is 29.7 Å². The van der Waals surface area contributed by atoms with Gasteiger partial charge in [0.25, 0.3) is 11.8 Å². The monoisotopic (exact) mass is 756 g/mol. The highest BCUT2D eigenvalue weighted by Gasteiger charge is 2.45.